The zero-order valence-corrected chi connectivity index (χ0v) is 33.0. The molecular weight excluding hydrogens is 712 g/mol. The molecule has 1 unspecified atom stereocenters. The molecule has 1 aromatic heterocycles. The van der Waals surface area contributed by atoms with Crippen LogP contribution in [0.5, 0.6) is 0 Å². The highest BCUT2D eigenvalue weighted by Crippen LogP contribution is 2.47. The molecule has 56 heavy (non-hydrogen) atoms. The van der Waals surface area contributed by atoms with Crippen molar-refractivity contribution in [3.8, 4) is 0 Å². The molecular formula is C43H55FN8O4. The highest BCUT2D eigenvalue weighted by molar-refractivity contribution is 5.98. The Morgan fingerprint density at radius 3 is 2.16 bits per heavy atom. The normalized spacial score (nSPS) is 22.4. The maximum absolute atomic E-state index is 14.2. The summed E-state index contributed by atoms with van der Waals surface area (Å²) >= 11 is 0. The molecule has 5 N–H and O–H groups in total. The van der Waals surface area contributed by atoms with E-state index >= 15 is 0 Å². The molecule has 4 heterocycles. The summed E-state index contributed by atoms with van der Waals surface area (Å²) in [6.45, 7) is 9.01. The molecule has 6 atom stereocenters. The van der Waals surface area contributed by atoms with Crippen LogP contribution in [-0.2, 0) is 19.2 Å². The molecule has 3 fully saturated rings. The van der Waals surface area contributed by atoms with Gasteiger partial charge in [-0.2, -0.15) is 5.48 Å². The van der Waals surface area contributed by atoms with Gasteiger partial charge in [-0.05, 0) is 110 Å². The van der Waals surface area contributed by atoms with E-state index in [1.807, 2.05) is 75.1 Å². The highest BCUT2D eigenvalue weighted by atomic mass is 19.1. The molecule has 298 valence electrons. The molecule has 0 radical (unpaired) electrons. The van der Waals surface area contributed by atoms with Crippen molar-refractivity contribution < 1.29 is 23.6 Å². The minimum atomic E-state index is -0.558. The predicted molar refractivity (Wildman–Crippen MR) is 215 cm³/mol. The van der Waals surface area contributed by atoms with E-state index in [0.29, 0.717) is 25.2 Å². The van der Waals surface area contributed by atoms with Crippen LogP contribution in [0.4, 0.5) is 15.8 Å². The van der Waals surface area contributed by atoms with Gasteiger partial charge >= 0.3 is 0 Å². The summed E-state index contributed by atoms with van der Waals surface area (Å²) in [5.74, 6) is 0.146. The highest BCUT2D eigenvalue weighted by Gasteiger charge is 2.40. The minimum Gasteiger partial charge on any atom is -0.357 e. The Morgan fingerprint density at radius 1 is 0.821 bits per heavy atom. The maximum Gasteiger partial charge on any atom is 0.247 e. The number of imidazole rings is 1. The fraction of sp³-hybridized carbons (Fsp3) is 0.488. The van der Waals surface area contributed by atoms with Crippen LogP contribution < -0.4 is 21.4 Å². The Labute approximate surface area is 328 Å². The zero-order valence-electron chi connectivity index (χ0n) is 33.0. The lowest BCUT2D eigenvalue weighted by Gasteiger charge is -2.33. The first-order chi connectivity index (χ1) is 26.9. The number of hydrogen-bond donors (Lipinski definition) is 4. The summed E-state index contributed by atoms with van der Waals surface area (Å²) < 4.78 is 14.2. The van der Waals surface area contributed by atoms with Gasteiger partial charge in [0.1, 0.15) is 23.7 Å². The summed E-state index contributed by atoms with van der Waals surface area (Å²) in [6.07, 6.45) is 4.82. The van der Waals surface area contributed by atoms with Crippen molar-refractivity contribution in [3.63, 3.8) is 0 Å². The average molecular weight is 767 g/mol. The number of anilines is 2. The quantitative estimate of drug-likeness (QED) is 0.119. The topological polar surface area (TPSA) is 149 Å². The molecule has 7 rings (SSSR count). The first kappa shape index (κ1) is 39.4. The van der Waals surface area contributed by atoms with Gasteiger partial charge in [0.05, 0.1) is 42.3 Å². The summed E-state index contributed by atoms with van der Waals surface area (Å²) in [6, 6.07) is 19.1. The molecule has 12 nitrogen and oxygen atoms in total. The number of nitrogens with zero attached hydrogens (tertiary/aromatic N) is 4. The second kappa shape index (κ2) is 16.7. The van der Waals surface area contributed by atoms with E-state index < -0.39 is 18.1 Å². The van der Waals surface area contributed by atoms with Crippen LogP contribution in [0.15, 0.2) is 66.7 Å². The Hall–Kier alpha value is -4.85. The molecule has 0 aliphatic carbocycles. The molecule has 3 saturated heterocycles. The molecule has 0 bridgehead atoms. The van der Waals surface area contributed by atoms with Gasteiger partial charge < -0.3 is 35.6 Å². The van der Waals surface area contributed by atoms with Crippen LogP contribution in [0.2, 0.25) is 0 Å². The van der Waals surface area contributed by atoms with Gasteiger partial charge in [-0.3, -0.25) is 14.4 Å². The molecule has 4 aromatic rings. The van der Waals surface area contributed by atoms with Gasteiger partial charge in [-0.25, -0.2) is 9.37 Å². The van der Waals surface area contributed by atoms with Crippen LogP contribution >= 0.6 is 0 Å². The SMILES string of the molecule is CON[C@H](C(=O)N1CCCC1C(=O)Nc1ccc([C@H]2CC[C@H](c3ccc4nc([C@@H]5CCCN5C(=O)[C@@H](N)C(C)C)[nH]c4c3)N2c2ccc(F)cc2)cc1)C(C)C. The van der Waals surface area contributed by atoms with Crippen molar-refractivity contribution in [2.45, 2.75) is 102 Å². The van der Waals surface area contributed by atoms with E-state index in [1.165, 1.54) is 19.2 Å². The Bertz CT molecular complexity index is 2020. The number of carbonyl (C=O) groups is 3. The van der Waals surface area contributed by atoms with Crippen molar-refractivity contribution in [2.75, 3.05) is 30.4 Å². The predicted octanol–water partition coefficient (Wildman–Crippen LogP) is 6.54. The molecule has 3 aromatic carbocycles. The van der Waals surface area contributed by atoms with E-state index in [2.05, 4.69) is 32.8 Å². The van der Waals surface area contributed by atoms with Crippen molar-refractivity contribution in [1.82, 2.24) is 25.2 Å². The largest absolute Gasteiger partial charge is 0.357 e. The second-order valence-corrected chi connectivity index (χ2v) is 16.2. The van der Waals surface area contributed by atoms with E-state index in [-0.39, 0.29) is 53.5 Å². The summed E-state index contributed by atoms with van der Waals surface area (Å²) in [5.41, 5.74) is 14.6. The number of H-pyrrole nitrogens is 1. The molecule has 0 saturated carbocycles. The number of halogens is 1. The first-order valence-electron chi connectivity index (χ1n) is 20.0. The number of rotatable bonds is 12. The van der Waals surface area contributed by atoms with Crippen LogP contribution in [0.25, 0.3) is 11.0 Å². The Kier molecular flexibility index (Phi) is 11.8. The Balaban J connectivity index is 1.10. The smallest absolute Gasteiger partial charge is 0.247 e. The number of aromatic amines is 1. The fourth-order valence-corrected chi connectivity index (χ4v) is 8.74. The van der Waals surface area contributed by atoms with Crippen molar-refractivity contribution >= 4 is 40.1 Å². The Morgan fingerprint density at radius 2 is 1.48 bits per heavy atom. The van der Waals surface area contributed by atoms with E-state index in [4.69, 9.17) is 15.6 Å². The van der Waals surface area contributed by atoms with Gasteiger partial charge in [0.15, 0.2) is 0 Å². The van der Waals surface area contributed by atoms with E-state index in [9.17, 15) is 18.8 Å². The van der Waals surface area contributed by atoms with Crippen LogP contribution in [0, 0.1) is 17.7 Å². The standard InChI is InChI=1S/C43H55FN8O4/c1-25(2)38(45)42(54)50-22-6-8-36(50)40-47-32-19-12-28(24-33(32)48-40)35-21-20-34(52(35)31-17-13-29(44)14-18-31)27-10-15-30(16-11-27)46-41(53)37-9-7-23-51(37)43(55)39(26(3)4)49-56-5/h10-19,24-26,34-39,49H,6-9,20-23,45H2,1-5H3,(H,46,53)(H,47,48)/t34-,35-,36+,37?,38+,39+/m1/s1. The fourth-order valence-electron chi connectivity index (χ4n) is 8.74. The molecule has 3 aliphatic rings. The van der Waals surface area contributed by atoms with Gasteiger partial charge in [0.25, 0.3) is 0 Å². The van der Waals surface area contributed by atoms with E-state index in [1.54, 1.807) is 4.90 Å². The summed E-state index contributed by atoms with van der Waals surface area (Å²) in [5, 5.41) is 3.05. The number of carbonyl (C=O) groups excluding carboxylic acids is 3. The number of fused-ring (bicyclic) bond motifs is 1. The number of benzene rings is 3. The third-order valence-electron chi connectivity index (χ3n) is 11.9. The lowest BCUT2D eigenvalue weighted by molar-refractivity contribution is -0.142. The molecule has 13 heteroatoms. The number of aromatic nitrogens is 2. The first-order valence-corrected chi connectivity index (χ1v) is 20.0. The van der Waals surface area contributed by atoms with Crippen molar-refractivity contribution in [1.29, 1.82) is 0 Å². The number of amides is 3. The lowest BCUT2D eigenvalue weighted by Crippen LogP contribution is -2.53. The molecule has 3 aliphatic heterocycles. The summed E-state index contributed by atoms with van der Waals surface area (Å²) in [7, 11) is 1.49. The van der Waals surface area contributed by atoms with Crippen molar-refractivity contribution in [3.05, 3.63) is 89.5 Å². The lowest BCUT2D eigenvalue weighted by atomic mass is 10.0. The van der Waals surface area contributed by atoms with Gasteiger partial charge in [-0.15, -0.1) is 0 Å². The number of nitrogens with one attached hydrogen (secondary N) is 3. The van der Waals surface area contributed by atoms with Crippen LogP contribution in [-0.4, -0.2) is 75.8 Å². The van der Waals surface area contributed by atoms with Gasteiger partial charge in [0, 0.05) is 24.5 Å². The minimum absolute atomic E-state index is 0.00253. The molecule has 0 spiro atoms. The van der Waals surface area contributed by atoms with Crippen molar-refractivity contribution in [2.24, 2.45) is 17.6 Å². The second-order valence-electron chi connectivity index (χ2n) is 16.2. The third-order valence-corrected chi connectivity index (χ3v) is 11.9. The van der Waals surface area contributed by atoms with Crippen LogP contribution in [0.1, 0.15) is 101 Å². The average Bonchev–Trinajstić information content (AvgIpc) is 4.02. The maximum atomic E-state index is 14.2. The zero-order chi connectivity index (χ0) is 39.7. The number of likely N-dealkylation sites (tertiary alicyclic amines) is 2. The number of hydrogen-bond acceptors (Lipinski definition) is 8. The number of nitrogens with two attached hydrogens (primary N) is 1. The third kappa shape index (κ3) is 7.89. The summed E-state index contributed by atoms with van der Waals surface area (Å²) in [4.78, 5) is 59.6. The van der Waals surface area contributed by atoms with Gasteiger partial charge in [-0.1, -0.05) is 45.9 Å². The van der Waals surface area contributed by atoms with Crippen LogP contribution in [0.3, 0.4) is 0 Å². The number of hydroxylamine groups is 1. The molecule has 3 amide bonds. The van der Waals surface area contributed by atoms with Gasteiger partial charge in [0.2, 0.25) is 17.7 Å². The van der Waals surface area contributed by atoms with E-state index in [0.717, 1.165) is 65.8 Å². The monoisotopic (exact) mass is 766 g/mol.